The molecule has 0 aromatic rings. The Bertz CT molecular complexity index is 317. The number of hydrogen-bond acceptors (Lipinski definition) is 3. The second kappa shape index (κ2) is 5.05. The highest BCUT2D eigenvalue weighted by molar-refractivity contribution is 5.86. The van der Waals surface area contributed by atoms with Gasteiger partial charge in [-0.15, -0.1) is 0 Å². The number of carbonyl (C=O) groups excluding carboxylic acids is 1. The van der Waals surface area contributed by atoms with Crippen LogP contribution in [0.2, 0.25) is 0 Å². The number of likely N-dealkylation sites (N-methyl/N-ethyl adjacent to an activating group) is 2. The van der Waals surface area contributed by atoms with Crippen molar-refractivity contribution in [3.8, 4) is 0 Å². The predicted molar refractivity (Wildman–Crippen MR) is 61.9 cm³/mol. The number of nitrogens with zero attached hydrogens (tertiary/aromatic N) is 2. The summed E-state index contributed by atoms with van der Waals surface area (Å²) in [7, 11) is 3.28. The number of piperidine rings is 1. The van der Waals surface area contributed by atoms with Gasteiger partial charge in [0, 0.05) is 19.6 Å². The van der Waals surface area contributed by atoms with Gasteiger partial charge in [0.05, 0.1) is 0 Å². The van der Waals surface area contributed by atoms with Crippen molar-refractivity contribution in [2.45, 2.75) is 37.5 Å². The van der Waals surface area contributed by atoms with Crippen molar-refractivity contribution in [1.82, 2.24) is 9.80 Å². The van der Waals surface area contributed by atoms with E-state index in [1.54, 1.807) is 0 Å². The van der Waals surface area contributed by atoms with Crippen LogP contribution in [0.3, 0.4) is 0 Å². The first-order chi connectivity index (χ1) is 8.07. The van der Waals surface area contributed by atoms with Crippen LogP contribution in [0.25, 0.3) is 0 Å². The Hall–Kier alpha value is -0.820. The Labute approximate surface area is 105 Å². The quantitative estimate of drug-likeness (QED) is 0.806. The van der Waals surface area contributed by atoms with Crippen molar-refractivity contribution >= 4 is 5.91 Å². The molecule has 18 heavy (non-hydrogen) atoms. The molecule has 2 unspecified atom stereocenters. The Balaban J connectivity index is 2.77. The van der Waals surface area contributed by atoms with Gasteiger partial charge in [0.25, 0.3) is 5.91 Å². The summed E-state index contributed by atoms with van der Waals surface area (Å²) in [5.74, 6) is -1.07. The van der Waals surface area contributed by atoms with Gasteiger partial charge in [-0.25, -0.2) is 0 Å². The van der Waals surface area contributed by atoms with Crippen LogP contribution >= 0.6 is 0 Å². The van der Waals surface area contributed by atoms with E-state index in [2.05, 4.69) is 0 Å². The molecular formula is C11H20F3N3O. The summed E-state index contributed by atoms with van der Waals surface area (Å²) < 4.78 is 38.1. The molecule has 1 aliphatic rings. The molecule has 0 aromatic carbocycles. The lowest BCUT2D eigenvalue weighted by Gasteiger charge is -2.39. The number of rotatable bonds is 2. The summed E-state index contributed by atoms with van der Waals surface area (Å²) in [5.41, 5.74) is 2.33. The minimum Gasteiger partial charge on any atom is -0.340 e. The third kappa shape index (κ3) is 2.95. The summed E-state index contributed by atoms with van der Waals surface area (Å²) >= 11 is 0. The topological polar surface area (TPSA) is 49.6 Å². The number of alkyl halides is 3. The molecular weight excluding hydrogens is 247 g/mol. The fourth-order valence-corrected chi connectivity index (χ4v) is 2.11. The van der Waals surface area contributed by atoms with Crippen LogP contribution in [0.15, 0.2) is 0 Å². The third-order valence-electron chi connectivity index (χ3n) is 3.50. The zero-order valence-electron chi connectivity index (χ0n) is 10.9. The zero-order valence-corrected chi connectivity index (χ0v) is 10.9. The Morgan fingerprint density at radius 1 is 1.44 bits per heavy atom. The van der Waals surface area contributed by atoms with E-state index in [0.717, 1.165) is 24.8 Å². The van der Waals surface area contributed by atoms with Gasteiger partial charge in [-0.3, -0.25) is 4.79 Å². The van der Waals surface area contributed by atoms with Gasteiger partial charge in [0.2, 0.25) is 0 Å². The van der Waals surface area contributed by atoms with Gasteiger partial charge in [-0.05, 0) is 33.4 Å². The van der Waals surface area contributed by atoms with Crippen molar-refractivity contribution < 1.29 is 18.0 Å². The van der Waals surface area contributed by atoms with Crippen LogP contribution in [0.1, 0.15) is 19.8 Å². The molecule has 2 atom stereocenters. The molecule has 0 spiro atoms. The fourth-order valence-electron chi connectivity index (χ4n) is 2.11. The number of halogens is 3. The van der Waals surface area contributed by atoms with Crippen LogP contribution in [0.5, 0.6) is 0 Å². The first kappa shape index (κ1) is 15.2. The summed E-state index contributed by atoms with van der Waals surface area (Å²) in [4.78, 5) is 15.0. The fraction of sp³-hybridized carbons (Fsp3) is 0.909. The van der Waals surface area contributed by atoms with Crippen molar-refractivity contribution in [1.29, 1.82) is 0 Å². The molecule has 4 nitrogen and oxygen atoms in total. The van der Waals surface area contributed by atoms with E-state index in [0.29, 0.717) is 13.0 Å². The molecule has 1 heterocycles. The Morgan fingerprint density at radius 3 is 2.44 bits per heavy atom. The van der Waals surface area contributed by atoms with Crippen LogP contribution in [-0.2, 0) is 4.79 Å². The van der Waals surface area contributed by atoms with Crippen molar-refractivity contribution in [2.24, 2.45) is 5.73 Å². The molecule has 0 bridgehead atoms. The maximum atomic E-state index is 12.7. The minimum atomic E-state index is -4.74. The number of hydrogen-bond donors (Lipinski definition) is 1. The summed E-state index contributed by atoms with van der Waals surface area (Å²) in [6, 6.07) is -0.207. The van der Waals surface area contributed by atoms with E-state index in [1.165, 1.54) is 7.05 Å². The van der Waals surface area contributed by atoms with Gasteiger partial charge in [0.15, 0.2) is 5.54 Å². The third-order valence-corrected chi connectivity index (χ3v) is 3.50. The smallest absolute Gasteiger partial charge is 0.340 e. The monoisotopic (exact) mass is 267 g/mol. The van der Waals surface area contributed by atoms with Gasteiger partial charge >= 0.3 is 6.18 Å². The maximum Gasteiger partial charge on any atom is 0.415 e. The SMILES string of the molecule is CN1CCCC(N(C)C(=O)C(C)(N)C(F)(F)F)C1. The number of carbonyl (C=O) groups is 1. The summed E-state index contributed by atoms with van der Waals surface area (Å²) in [6.45, 7) is 2.20. The van der Waals surface area contributed by atoms with E-state index in [-0.39, 0.29) is 6.04 Å². The first-order valence-electron chi connectivity index (χ1n) is 5.88. The van der Waals surface area contributed by atoms with Crippen molar-refractivity contribution in [2.75, 3.05) is 27.2 Å². The predicted octanol–water partition coefficient (Wildman–Crippen LogP) is 0.819. The summed E-state index contributed by atoms with van der Waals surface area (Å²) in [5, 5.41) is 0. The maximum absolute atomic E-state index is 12.7. The molecule has 0 saturated carbocycles. The second-order valence-electron chi connectivity index (χ2n) is 5.17. The van der Waals surface area contributed by atoms with Gasteiger partial charge in [-0.1, -0.05) is 0 Å². The lowest BCUT2D eigenvalue weighted by atomic mass is 9.98. The van der Waals surface area contributed by atoms with Crippen LogP contribution in [0, 0.1) is 0 Å². The number of nitrogens with two attached hydrogens (primary N) is 1. The van der Waals surface area contributed by atoms with Gasteiger partial charge in [0.1, 0.15) is 0 Å². The van der Waals surface area contributed by atoms with E-state index in [1.807, 2.05) is 11.9 Å². The largest absolute Gasteiger partial charge is 0.415 e. The van der Waals surface area contributed by atoms with Crippen LogP contribution < -0.4 is 5.73 Å². The highest BCUT2D eigenvalue weighted by atomic mass is 19.4. The molecule has 1 amide bonds. The van der Waals surface area contributed by atoms with Gasteiger partial charge in [-0.2, -0.15) is 13.2 Å². The van der Waals surface area contributed by atoms with E-state index >= 15 is 0 Å². The molecule has 0 aromatic heterocycles. The number of amides is 1. The van der Waals surface area contributed by atoms with Crippen molar-refractivity contribution in [3.05, 3.63) is 0 Å². The van der Waals surface area contributed by atoms with E-state index < -0.39 is 17.6 Å². The van der Waals surface area contributed by atoms with Crippen LogP contribution in [-0.4, -0.2) is 60.6 Å². The Morgan fingerprint density at radius 2 is 2.00 bits per heavy atom. The molecule has 1 aliphatic heterocycles. The second-order valence-corrected chi connectivity index (χ2v) is 5.17. The lowest BCUT2D eigenvalue weighted by Crippen LogP contribution is -2.64. The van der Waals surface area contributed by atoms with E-state index in [9.17, 15) is 18.0 Å². The molecule has 1 rings (SSSR count). The standard InChI is InChI=1S/C11H20F3N3O/c1-10(15,11(12,13)14)9(18)17(3)8-5-4-6-16(2)7-8/h8H,4-7,15H2,1-3H3. The van der Waals surface area contributed by atoms with Crippen LogP contribution in [0.4, 0.5) is 13.2 Å². The molecule has 7 heteroatoms. The molecule has 1 fully saturated rings. The van der Waals surface area contributed by atoms with Gasteiger partial charge < -0.3 is 15.5 Å². The lowest BCUT2D eigenvalue weighted by molar-refractivity contribution is -0.194. The van der Waals surface area contributed by atoms with Crippen molar-refractivity contribution in [3.63, 3.8) is 0 Å². The Kier molecular flexibility index (Phi) is 4.27. The zero-order chi connectivity index (χ0) is 14.1. The summed E-state index contributed by atoms with van der Waals surface area (Å²) in [6.07, 6.45) is -3.16. The molecule has 1 saturated heterocycles. The molecule has 2 N–H and O–H groups in total. The molecule has 106 valence electrons. The molecule has 0 aliphatic carbocycles. The number of likely N-dealkylation sites (tertiary alicyclic amines) is 1. The minimum absolute atomic E-state index is 0.207. The average molecular weight is 267 g/mol. The first-order valence-corrected chi connectivity index (χ1v) is 5.88. The normalized spacial score (nSPS) is 25.6. The average Bonchev–Trinajstić information content (AvgIpc) is 2.25. The highest BCUT2D eigenvalue weighted by Crippen LogP contribution is 2.30. The highest BCUT2D eigenvalue weighted by Gasteiger charge is 2.55. The molecule has 0 radical (unpaired) electrons. The van der Waals surface area contributed by atoms with E-state index in [4.69, 9.17) is 5.73 Å².